The predicted octanol–water partition coefficient (Wildman–Crippen LogP) is 1.56. The van der Waals surface area contributed by atoms with Crippen LogP contribution in [0.5, 0.6) is 5.75 Å². The summed E-state index contributed by atoms with van der Waals surface area (Å²) in [7, 11) is 1.43. The molecule has 0 radical (unpaired) electrons. The predicted molar refractivity (Wildman–Crippen MR) is 122 cm³/mol. The molecular weight excluding hydrogens is 536 g/mol. The number of benzene rings is 1. The number of ether oxygens (including phenoxy) is 1. The number of carbonyl (C=O) groups excluding carboxylic acids is 1. The molecule has 2 aliphatic heterocycles. The number of rotatable bonds is 3. The summed E-state index contributed by atoms with van der Waals surface area (Å²) in [6.45, 7) is 3.55. The number of amides is 1. The van der Waals surface area contributed by atoms with Crippen LogP contribution >= 0.6 is 0 Å². The number of hydrogen-bond acceptors (Lipinski definition) is 5. The molecule has 9 heteroatoms. The molecular formula is C24H24FIN5O2-. The van der Waals surface area contributed by atoms with E-state index in [0.29, 0.717) is 23.5 Å². The Balaban J connectivity index is 1.74. The van der Waals surface area contributed by atoms with Crippen LogP contribution in [0.4, 0.5) is 21.5 Å². The van der Waals surface area contributed by atoms with Crippen LogP contribution in [0.15, 0.2) is 46.3 Å². The number of H-pyrrole nitrogens is 1. The van der Waals surface area contributed by atoms with Crippen molar-refractivity contribution in [3.05, 3.63) is 63.4 Å². The van der Waals surface area contributed by atoms with Crippen LogP contribution in [0.2, 0.25) is 0 Å². The molecule has 0 unspecified atom stereocenters. The van der Waals surface area contributed by atoms with Gasteiger partial charge in [-0.25, -0.2) is 0 Å². The maximum atomic E-state index is 14.4. The number of nitrogens with one attached hydrogen (secondary N) is 4. The first kappa shape index (κ1) is 21.7. The van der Waals surface area contributed by atoms with E-state index in [1.807, 2.05) is 6.07 Å². The molecule has 2 aliphatic rings. The summed E-state index contributed by atoms with van der Waals surface area (Å²) in [5.41, 5.74) is 6.42. The zero-order valence-corrected chi connectivity index (χ0v) is 20.4. The van der Waals surface area contributed by atoms with Gasteiger partial charge in [0.15, 0.2) is 0 Å². The van der Waals surface area contributed by atoms with E-state index in [1.54, 1.807) is 24.5 Å². The molecule has 1 atom stereocenters. The standard InChI is InChI=1S/C24H24FIN5O2/c1-13-6-9-28-18-12-27-8-7-14(18)20-22(30-17-5-3-4-15(25)23(17)33-2)19-21(31-20)16(26-10-13)11-29-24(19)32/h3-5,7-8,10,12,16,28,30-31H,6,9,11H2,1-2H3,(H,29,32)/q-1/b13-10-/t16-/m0/s1. The average Bonchev–Trinajstić information content (AvgIpc) is 3.18. The van der Waals surface area contributed by atoms with Gasteiger partial charge in [0.25, 0.3) is 0 Å². The fraction of sp³-hybridized carbons (Fsp3) is 0.250. The van der Waals surface area contributed by atoms with Crippen molar-refractivity contribution in [3.8, 4) is 17.0 Å². The van der Waals surface area contributed by atoms with Crippen LogP contribution in [-0.4, -0.2) is 36.1 Å². The number of methoxy groups -OCH3 is 1. The van der Waals surface area contributed by atoms with Crippen molar-refractivity contribution < 1.29 is 35.1 Å². The van der Waals surface area contributed by atoms with E-state index in [2.05, 4.69) is 36.9 Å². The second-order valence-corrected chi connectivity index (χ2v) is 10.8. The summed E-state index contributed by atoms with van der Waals surface area (Å²) in [5.74, 6) is -0.521. The normalized spacial score (nSPS) is 19.3. The van der Waals surface area contributed by atoms with Gasteiger partial charge in [-0.3, -0.25) is 0 Å². The van der Waals surface area contributed by atoms with Crippen molar-refractivity contribution in [2.75, 3.05) is 30.8 Å². The van der Waals surface area contributed by atoms with E-state index >= 15 is 0 Å². The molecule has 2 aromatic heterocycles. The Morgan fingerprint density at radius 2 is 2.15 bits per heavy atom. The molecule has 3 aromatic rings. The fourth-order valence-electron chi connectivity index (χ4n) is 4.13. The zero-order valence-electron chi connectivity index (χ0n) is 18.3. The second kappa shape index (κ2) is 9.05. The molecule has 172 valence electrons. The number of hydrogen-bond donors (Lipinski definition) is 4. The number of anilines is 3. The Kier molecular flexibility index (Phi) is 5.96. The average molecular weight is 560 g/mol. The van der Waals surface area contributed by atoms with Gasteiger partial charge >= 0.3 is 202 Å². The van der Waals surface area contributed by atoms with Crippen LogP contribution < -0.4 is 41.9 Å². The summed E-state index contributed by atoms with van der Waals surface area (Å²) in [4.78, 5) is 21.0. The SMILES string of the molecule is COc1c(F)cccc1Nc1c2[nH]c3c1C(=O)NC[C@@H]3[I-]/C=C(/C)CCNc1cnccc1-2. The van der Waals surface area contributed by atoms with Gasteiger partial charge in [0.2, 0.25) is 0 Å². The van der Waals surface area contributed by atoms with Crippen LogP contribution in [-0.2, 0) is 0 Å². The topological polar surface area (TPSA) is 91.1 Å². The van der Waals surface area contributed by atoms with E-state index in [9.17, 15) is 9.18 Å². The number of pyridine rings is 1. The second-order valence-electron chi connectivity index (χ2n) is 7.97. The minimum atomic E-state index is -0.473. The molecule has 2 bridgehead atoms. The van der Waals surface area contributed by atoms with Crippen molar-refractivity contribution in [2.45, 2.75) is 17.3 Å². The van der Waals surface area contributed by atoms with Crippen molar-refractivity contribution in [1.82, 2.24) is 15.3 Å². The number of aromatic nitrogens is 2. The van der Waals surface area contributed by atoms with Gasteiger partial charge in [-0.15, -0.1) is 0 Å². The summed E-state index contributed by atoms with van der Waals surface area (Å²) < 4.78 is 22.3. The molecule has 0 spiro atoms. The molecule has 7 nitrogen and oxygen atoms in total. The van der Waals surface area contributed by atoms with E-state index < -0.39 is 5.82 Å². The molecule has 0 saturated carbocycles. The molecule has 4 heterocycles. The van der Waals surface area contributed by atoms with E-state index in [-0.39, 0.29) is 36.8 Å². The Hall–Kier alpha value is -3.08. The number of fused-ring (bicyclic) bond motifs is 3. The first-order chi connectivity index (χ1) is 16.1. The van der Waals surface area contributed by atoms with E-state index in [1.165, 1.54) is 18.7 Å². The quantitative estimate of drug-likeness (QED) is 0.289. The molecule has 5 rings (SSSR count). The first-order valence-electron chi connectivity index (χ1n) is 10.7. The number of aromatic amines is 1. The summed E-state index contributed by atoms with van der Waals surface area (Å²) in [6, 6.07) is 6.62. The maximum absolute atomic E-state index is 14.4. The third-order valence-electron chi connectivity index (χ3n) is 5.77. The van der Waals surface area contributed by atoms with Gasteiger partial charge in [0.1, 0.15) is 0 Å². The van der Waals surface area contributed by atoms with Gasteiger partial charge in [0.05, 0.1) is 0 Å². The number of alkyl halides is 1. The summed E-state index contributed by atoms with van der Waals surface area (Å²) >= 11 is -0.342. The third-order valence-corrected chi connectivity index (χ3v) is 9.12. The van der Waals surface area contributed by atoms with Crippen molar-refractivity contribution in [3.63, 3.8) is 0 Å². The zero-order chi connectivity index (χ0) is 22.9. The molecule has 1 amide bonds. The Labute approximate surface area is 201 Å². The number of halogens is 2. The van der Waals surface area contributed by atoms with Gasteiger partial charge in [0, 0.05) is 0 Å². The number of carbonyl (C=O) groups is 1. The van der Waals surface area contributed by atoms with Crippen molar-refractivity contribution >= 4 is 23.0 Å². The Bertz CT molecular complexity index is 1260. The minimum absolute atomic E-state index is 0.100. The molecule has 0 aliphatic carbocycles. The van der Waals surface area contributed by atoms with E-state index in [4.69, 9.17) is 4.74 Å². The number of para-hydroxylation sites is 1. The van der Waals surface area contributed by atoms with Gasteiger partial charge in [-0.05, 0) is 0 Å². The van der Waals surface area contributed by atoms with Crippen LogP contribution in [0.1, 0.15) is 33.3 Å². The van der Waals surface area contributed by atoms with Gasteiger partial charge < -0.3 is 0 Å². The number of nitrogens with zero attached hydrogens (tertiary/aromatic N) is 1. The molecule has 4 N–H and O–H groups in total. The summed E-state index contributed by atoms with van der Waals surface area (Å²) in [5, 5.41) is 9.86. The monoisotopic (exact) mass is 560 g/mol. The first-order valence-corrected chi connectivity index (χ1v) is 13.2. The van der Waals surface area contributed by atoms with Crippen LogP contribution in [0, 0.1) is 5.82 Å². The molecule has 0 saturated heterocycles. The summed E-state index contributed by atoms with van der Waals surface area (Å²) in [6.07, 6.45) is 4.46. The van der Waals surface area contributed by atoms with Crippen LogP contribution in [0.3, 0.4) is 0 Å². The molecule has 0 fully saturated rings. The molecule has 1 aromatic carbocycles. The third kappa shape index (κ3) is 4.05. The van der Waals surface area contributed by atoms with Crippen molar-refractivity contribution in [1.29, 1.82) is 0 Å². The molecule has 33 heavy (non-hydrogen) atoms. The van der Waals surface area contributed by atoms with Crippen LogP contribution in [0.25, 0.3) is 11.3 Å². The van der Waals surface area contributed by atoms with Crippen molar-refractivity contribution in [2.24, 2.45) is 0 Å². The Morgan fingerprint density at radius 1 is 1.27 bits per heavy atom. The van der Waals surface area contributed by atoms with E-state index in [0.717, 1.165) is 35.6 Å². The fourth-order valence-corrected chi connectivity index (χ4v) is 6.79. The van der Waals surface area contributed by atoms with Gasteiger partial charge in [-0.2, -0.15) is 0 Å². The Morgan fingerprint density at radius 3 is 3.00 bits per heavy atom. The van der Waals surface area contributed by atoms with Gasteiger partial charge in [-0.1, -0.05) is 0 Å².